The molecule has 0 unspecified atom stereocenters. The van der Waals surface area contributed by atoms with Gasteiger partial charge in [-0.15, -0.1) is 16.3 Å². The summed E-state index contributed by atoms with van der Waals surface area (Å²) in [6.45, 7) is -1.42. The van der Waals surface area contributed by atoms with Crippen LogP contribution in [0.3, 0.4) is 0 Å². The third-order valence-corrected chi connectivity index (χ3v) is 9.17. The van der Waals surface area contributed by atoms with Gasteiger partial charge < -0.3 is 25.0 Å². The van der Waals surface area contributed by atoms with Crippen molar-refractivity contribution in [2.75, 3.05) is 17.7 Å². The van der Waals surface area contributed by atoms with E-state index in [9.17, 15) is 28.4 Å². The van der Waals surface area contributed by atoms with Crippen molar-refractivity contribution in [2.45, 2.75) is 16.4 Å². The minimum atomic E-state index is -4.73. The number of fused-ring (bicyclic) bond motifs is 2. The van der Waals surface area contributed by atoms with E-state index in [0.717, 1.165) is 10.5 Å². The highest BCUT2D eigenvalue weighted by molar-refractivity contribution is 8.02. The topological polar surface area (TPSA) is 225 Å². The van der Waals surface area contributed by atoms with Crippen LogP contribution in [-0.2, 0) is 30.8 Å². The van der Waals surface area contributed by atoms with Crippen LogP contribution < -0.4 is 15.0 Å². The number of halogens is 1. The Bertz CT molecular complexity index is 1760. The Balaban J connectivity index is 1.29. The predicted molar refractivity (Wildman–Crippen MR) is 150 cm³/mol. The van der Waals surface area contributed by atoms with E-state index in [2.05, 4.69) is 29.8 Å². The van der Waals surface area contributed by atoms with Gasteiger partial charge in [0.25, 0.3) is 18.7 Å². The molecule has 0 spiro atoms. The molecule has 3 aromatic rings. The highest BCUT2D eigenvalue weighted by Crippen LogP contribution is 2.41. The Kier molecular flexibility index (Phi) is 8.81. The average Bonchev–Trinajstić information content (AvgIpc) is 3.56. The number of carboxylic acid groups (broad SMARTS) is 1. The molecule has 5 rings (SSSR count). The number of aromatic nitrogens is 5. The first-order chi connectivity index (χ1) is 20.5. The summed E-state index contributed by atoms with van der Waals surface area (Å²) in [5.74, 6) is -3.35. The number of β-lactam (4-membered cyclic amide) rings is 1. The van der Waals surface area contributed by atoms with Crippen molar-refractivity contribution in [3.8, 4) is 0 Å². The molecule has 17 nitrogen and oxygen atoms in total. The van der Waals surface area contributed by atoms with Crippen LogP contribution in [-0.4, -0.2) is 86.3 Å². The number of aryl methyl sites for hydroxylation is 1. The monoisotopic (exact) mass is 672 g/mol. The number of alkyl halides is 1. The Labute approximate surface area is 252 Å². The van der Waals surface area contributed by atoms with Gasteiger partial charge in [-0.25, -0.2) is 18.3 Å². The summed E-state index contributed by atoms with van der Waals surface area (Å²) >= 11 is 2.96. The molecule has 22 heteroatoms. The van der Waals surface area contributed by atoms with E-state index in [1.165, 1.54) is 23.5 Å². The van der Waals surface area contributed by atoms with Crippen LogP contribution in [0.4, 0.5) is 9.52 Å². The minimum absolute atomic E-state index is 0.205. The zero-order valence-electron chi connectivity index (χ0n) is 21.6. The van der Waals surface area contributed by atoms with Crippen molar-refractivity contribution in [2.24, 2.45) is 12.2 Å². The van der Waals surface area contributed by atoms with E-state index in [0.29, 0.717) is 22.1 Å². The first-order valence-electron chi connectivity index (χ1n) is 11.8. The van der Waals surface area contributed by atoms with Crippen LogP contribution in [0, 0.1) is 0 Å². The number of carbonyl (C=O) groups is 3. The Morgan fingerprint density at radius 3 is 2.91 bits per heavy atom. The van der Waals surface area contributed by atoms with Gasteiger partial charge in [0.1, 0.15) is 28.3 Å². The van der Waals surface area contributed by atoms with Crippen molar-refractivity contribution in [3.63, 3.8) is 0 Å². The SMILES string of the molecule is C[n+]1ccn2nc(S/C=C/C3=C(C(=O)O)N4C(=O)[C@@H](NC(=O)/C(=N\OCF)c5nsc(NP(=O)(O)O)n5)[C@H]4SC3)ccc21. The van der Waals surface area contributed by atoms with Crippen molar-refractivity contribution in [3.05, 3.63) is 53.1 Å². The molecule has 5 N–H and O–H groups in total. The van der Waals surface area contributed by atoms with Gasteiger partial charge >= 0.3 is 19.4 Å². The lowest BCUT2D eigenvalue weighted by molar-refractivity contribution is -0.644. The molecule has 1 fully saturated rings. The van der Waals surface area contributed by atoms with Crippen LogP contribution in [0.2, 0.25) is 0 Å². The van der Waals surface area contributed by atoms with Gasteiger partial charge in [-0.05, 0) is 23.1 Å². The number of nitrogens with zero attached hydrogens (tertiary/aromatic N) is 7. The molecular weight excluding hydrogens is 652 g/mol. The maximum Gasteiger partial charge on any atom is 0.429 e. The Morgan fingerprint density at radius 1 is 1.40 bits per heavy atom. The summed E-state index contributed by atoms with van der Waals surface area (Å²) in [5.41, 5.74) is 0.355. The lowest BCUT2D eigenvalue weighted by Gasteiger charge is -2.49. The van der Waals surface area contributed by atoms with Crippen molar-refractivity contribution < 1.29 is 47.6 Å². The van der Waals surface area contributed by atoms with Gasteiger partial charge in [0.2, 0.25) is 16.7 Å². The molecule has 2 amide bonds. The number of nitrogens with one attached hydrogen (secondary N) is 2. The molecule has 3 aromatic heterocycles. The summed E-state index contributed by atoms with van der Waals surface area (Å²) in [6.07, 6.45) is 5.25. The van der Waals surface area contributed by atoms with Gasteiger partial charge in [-0.1, -0.05) is 22.0 Å². The number of oxime groups is 1. The van der Waals surface area contributed by atoms with Crippen LogP contribution >= 0.6 is 42.8 Å². The lowest BCUT2D eigenvalue weighted by Crippen LogP contribution is -2.71. The van der Waals surface area contributed by atoms with Gasteiger partial charge in [-0.3, -0.25) is 19.6 Å². The zero-order valence-corrected chi connectivity index (χ0v) is 24.9. The minimum Gasteiger partial charge on any atom is -0.477 e. The first-order valence-corrected chi connectivity index (χ1v) is 16.1. The van der Waals surface area contributed by atoms with Gasteiger partial charge in [0.15, 0.2) is 6.20 Å². The number of carboxylic acids is 1. The van der Waals surface area contributed by atoms with E-state index in [1.54, 1.807) is 27.3 Å². The Morgan fingerprint density at radius 2 is 2.19 bits per heavy atom. The van der Waals surface area contributed by atoms with Gasteiger partial charge in [0, 0.05) is 23.4 Å². The van der Waals surface area contributed by atoms with Crippen LogP contribution in [0.15, 0.2) is 57.5 Å². The van der Waals surface area contributed by atoms with Crippen molar-refractivity contribution in [1.82, 2.24) is 29.2 Å². The third kappa shape index (κ3) is 6.55. The molecule has 1 saturated heterocycles. The first kappa shape index (κ1) is 30.6. The normalized spacial score (nSPS) is 19.0. The summed E-state index contributed by atoms with van der Waals surface area (Å²) < 4.78 is 31.2. The van der Waals surface area contributed by atoms with Crippen molar-refractivity contribution >= 4 is 77.1 Å². The fourth-order valence-corrected chi connectivity index (χ4v) is 7.25. The zero-order chi connectivity index (χ0) is 30.9. The molecule has 2 aliphatic heterocycles. The Hall–Kier alpha value is -3.88. The van der Waals surface area contributed by atoms with E-state index in [1.807, 2.05) is 29.9 Å². The van der Waals surface area contributed by atoms with Crippen LogP contribution in [0.25, 0.3) is 5.65 Å². The molecule has 0 saturated carbocycles. The molecule has 0 radical (unpaired) electrons. The molecular formula is C21H20FN9O8PS3+. The molecule has 43 heavy (non-hydrogen) atoms. The van der Waals surface area contributed by atoms with Crippen molar-refractivity contribution in [1.29, 1.82) is 0 Å². The number of thioether (sulfide) groups is 2. The van der Waals surface area contributed by atoms with Crippen LogP contribution in [0.5, 0.6) is 0 Å². The second kappa shape index (κ2) is 12.4. The number of anilines is 1. The maximum absolute atomic E-state index is 13.0. The second-order valence-electron chi connectivity index (χ2n) is 8.60. The molecule has 5 heterocycles. The third-order valence-electron chi connectivity index (χ3n) is 5.85. The van der Waals surface area contributed by atoms with Gasteiger partial charge in [0.05, 0.1) is 7.05 Å². The molecule has 226 valence electrons. The quantitative estimate of drug-likeness (QED) is 0.0459. The summed E-state index contributed by atoms with van der Waals surface area (Å²) in [7, 11) is -2.84. The number of allylic oxidation sites excluding steroid dienone is 1. The highest BCUT2D eigenvalue weighted by atomic mass is 32.2. The highest BCUT2D eigenvalue weighted by Gasteiger charge is 2.54. The number of aliphatic carboxylic acids is 1. The van der Waals surface area contributed by atoms with E-state index in [4.69, 9.17) is 9.79 Å². The number of carbonyl (C=O) groups excluding carboxylic acids is 2. The summed E-state index contributed by atoms with van der Waals surface area (Å²) in [5, 5.41) is 23.1. The van der Waals surface area contributed by atoms with Gasteiger partial charge in [-0.2, -0.15) is 9.36 Å². The fourth-order valence-electron chi connectivity index (χ4n) is 4.03. The number of rotatable bonds is 11. The van der Waals surface area contributed by atoms with E-state index >= 15 is 0 Å². The second-order valence-corrected chi connectivity index (χ2v) is 12.7. The fraction of sp³-hybridized carbons (Fsp3) is 0.238. The van der Waals surface area contributed by atoms with E-state index in [-0.39, 0.29) is 16.6 Å². The number of hydrogen-bond donors (Lipinski definition) is 5. The number of imidazole rings is 1. The lowest BCUT2D eigenvalue weighted by atomic mass is 10.0. The van der Waals surface area contributed by atoms with Crippen LogP contribution in [0.1, 0.15) is 5.82 Å². The molecule has 0 aliphatic carbocycles. The summed E-state index contributed by atoms with van der Waals surface area (Å²) in [4.78, 5) is 65.4. The largest absolute Gasteiger partial charge is 0.477 e. The number of amides is 2. The molecule has 2 aliphatic rings. The average molecular weight is 673 g/mol. The standard InChI is InChI=1S/C21H19FN9O8PS3/c1-29-5-6-30-12(29)3-2-11(25-30)41-7-4-10-8-42-19-14(18(33)31(19)15(10)20(34)35)23-17(32)13(26-39-9-22)16-24-21(43-28-16)27-40(36,37)38/h2-7,14,19H,8-9H2,1H3,(H4-,23,24,27,28,32,34,35,36,37,38)/p+1/b7-4+,26-13-/t14-,19-/m1/s1. The molecule has 0 bridgehead atoms. The maximum atomic E-state index is 13.0. The molecule has 2 atom stereocenters. The molecule has 0 aromatic carbocycles. The van der Waals surface area contributed by atoms with E-state index < -0.39 is 55.3 Å². The summed E-state index contributed by atoms with van der Waals surface area (Å²) in [6, 6.07) is 2.54. The smallest absolute Gasteiger partial charge is 0.429 e. The number of hydrogen-bond acceptors (Lipinski definition) is 12. The predicted octanol–water partition coefficient (Wildman–Crippen LogP) is 0.207.